The molecule has 0 atom stereocenters. The molecule has 0 saturated heterocycles. The highest BCUT2D eigenvalue weighted by molar-refractivity contribution is 5.03. The van der Waals surface area contributed by atoms with E-state index in [1.807, 2.05) is 12.2 Å². The fraction of sp³-hybridized carbons (Fsp3) is 0.500. The molecule has 0 aromatic rings. The van der Waals surface area contributed by atoms with Crippen LogP contribution in [0.3, 0.4) is 0 Å². The Morgan fingerprint density at radius 2 is 1.53 bits per heavy atom. The zero-order chi connectivity index (χ0) is 13.1. The molecule has 0 fully saturated rings. The fourth-order valence-corrected chi connectivity index (χ4v) is 1.56. The average molecular weight is 233 g/mol. The summed E-state index contributed by atoms with van der Waals surface area (Å²) in [5.41, 5.74) is 2.86. The third-order valence-corrected chi connectivity index (χ3v) is 2.56. The molecule has 0 unspecified atom stereocenters. The molecule has 0 heterocycles. The maximum Gasteiger partial charge on any atom is 0.0172 e. The van der Waals surface area contributed by atoms with Gasteiger partial charge in [0, 0.05) is 19.6 Å². The van der Waals surface area contributed by atoms with Gasteiger partial charge in [0.05, 0.1) is 0 Å². The van der Waals surface area contributed by atoms with Gasteiger partial charge in [-0.15, -0.1) is 13.2 Å². The first-order valence-electron chi connectivity index (χ1n) is 6.33. The van der Waals surface area contributed by atoms with Gasteiger partial charge < -0.3 is 0 Å². The average Bonchev–Trinajstić information content (AvgIpc) is 2.26. The van der Waals surface area contributed by atoms with E-state index in [-0.39, 0.29) is 0 Å². The fourth-order valence-electron chi connectivity index (χ4n) is 1.56. The molecule has 0 aliphatic heterocycles. The maximum absolute atomic E-state index is 3.77. The second-order valence-electron chi connectivity index (χ2n) is 4.67. The zero-order valence-electron chi connectivity index (χ0n) is 11.7. The van der Waals surface area contributed by atoms with Crippen LogP contribution in [-0.4, -0.2) is 24.5 Å². The molecule has 0 aromatic heterocycles. The van der Waals surface area contributed by atoms with Crippen LogP contribution < -0.4 is 0 Å². The van der Waals surface area contributed by atoms with Crippen molar-refractivity contribution in [1.29, 1.82) is 0 Å². The van der Waals surface area contributed by atoms with Crippen molar-refractivity contribution in [1.82, 2.24) is 4.90 Å². The van der Waals surface area contributed by atoms with Gasteiger partial charge in [0.15, 0.2) is 0 Å². The molecule has 0 aromatic carbocycles. The lowest BCUT2D eigenvalue weighted by Crippen LogP contribution is -2.24. The molecule has 0 aliphatic carbocycles. The monoisotopic (exact) mass is 233 g/mol. The molecule has 0 aliphatic rings. The smallest absolute Gasteiger partial charge is 0.0172 e. The molecular weight excluding hydrogens is 206 g/mol. The van der Waals surface area contributed by atoms with Crippen molar-refractivity contribution < 1.29 is 0 Å². The summed E-state index contributed by atoms with van der Waals surface area (Å²) < 4.78 is 0. The van der Waals surface area contributed by atoms with Crippen molar-refractivity contribution in [3.05, 3.63) is 48.6 Å². The van der Waals surface area contributed by atoms with E-state index in [1.165, 1.54) is 11.1 Å². The highest BCUT2D eigenvalue weighted by Gasteiger charge is 1.97. The Hall–Kier alpha value is -1.08. The van der Waals surface area contributed by atoms with Gasteiger partial charge in [0.1, 0.15) is 0 Å². The number of allylic oxidation sites excluding steroid dienone is 3. The number of rotatable bonds is 9. The number of nitrogens with zero attached hydrogens (tertiary/aromatic N) is 1. The van der Waals surface area contributed by atoms with Crippen molar-refractivity contribution in [3.8, 4) is 0 Å². The first kappa shape index (κ1) is 15.9. The van der Waals surface area contributed by atoms with E-state index >= 15 is 0 Å². The predicted octanol–water partition coefficient (Wildman–Crippen LogP) is 4.35. The molecule has 0 amide bonds. The summed E-state index contributed by atoms with van der Waals surface area (Å²) in [5, 5.41) is 0. The minimum atomic E-state index is 0.920. The Balaban J connectivity index is 4.04. The van der Waals surface area contributed by atoms with Gasteiger partial charge in [0.25, 0.3) is 0 Å². The van der Waals surface area contributed by atoms with Crippen molar-refractivity contribution in [2.75, 3.05) is 19.6 Å². The molecule has 17 heavy (non-hydrogen) atoms. The molecule has 0 spiro atoms. The second-order valence-corrected chi connectivity index (χ2v) is 4.67. The SMILES string of the molecule is C=CCN(CC=C)CC=C(C)CCC=C(C)C. The molecular formula is C16H27N. The van der Waals surface area contributed by atoms with E-state index in [1.54, 1.807) is 0 Å². The van der Waals surface area contributed by atoms with Crippen molar-refractivity contribution >= 4 is 0 Å². The summed E-state index contributed by atoms with van der Waals surface area (Å²) in [6, 6.07) is 0. The lowest BCUT2D eigenvalue weighted by molar-refractivity contribution is 0.372. The third-order valence-electron chi connectivity index (χ3n) is 2.56. The van der Waals surface area contributed by atoms with Crippen LogP contribution in [0.2, 0.25) is 0 Å². The third kappa shape index (κ3) is 9.83. The van der Waals surface area contributed by atoms with Gasteiger partial charge in [-0.1, -0.05) is 35.5 Å². The number of hydrogen-bond acceptors (Lipinski definition) is 1. The van der Waals surface area contributed by atoms with Crippen LogP contribution in [0.4, 0.5) is 0 Å². The van der Waals surface area contributed by atoms with E-state index in [0.29, 0.717) is 0 Å². The minimum Gasteiger partial charge on any atom is -0.292 e. The van der Waals surface area contributed by atoms with Crippen molar-refractivity contribution in [3.63, 3.8) is 0 Å². The zero-order valence-corrected chi connectivity index (χ0v) is 11.7. The standard InChI is InChI=1S/C16H27N/c1-6-12-17(13-7-2)14-11-16(5)10-8-9-15(3)4/h6-7,9,11H,1-2,8,10,12-14H2,3-5H3. The van der Waals surface area contributed by atoms with Crippen molar-refractivity contribution in [2.24, 2.45) is 0 Å². The van der Waals surface area contributed by atoms with Gasteiger partial charge in [-0.05, 0) is 33.6 Å². The second kappa shape index (κ2) is 10.1. The van der Waals surface area contributed by atoms with Gasteiger partial charge in [-0.25, -0.2) is 0 Å². The van der Waals surface area contributed by atoms with E-state index in [4.69, 9.17) is 0 Å². The predicted molar refractivity (Wildman–Crippen MR) is 79.3 cm³/mol. The Labute approximate surface area is 107 Å². The first-order chi connectivity index (χ1) is 8.10. The van der Waals surface area contributed by atoms with Gasteiger partial charge in [-0.2, -0.15) is 0 Å². The summed E-state index contributed by atoms with van der Waals surface area (Å²) in [4.78, 5) is 2.31. The molecule has 1 heteroatoms. The summed E-state index contributed by atoms with van der Waals surface area (Å²) in [7, 11) is 0. The number of hydrogen-bond donors (Lipinski definition) is 0. The molecule has 0 N–H and O–H groups in total. The van der Waals surface area contributed by atoms with Crippen LogP contribution in [0.1, 0.15) is 33.6 Å². The van der Waals surface area contributed by atoms with Gasteiger partial charge in [-0.3, -0.25) is 4.90 Å². The van der Waals surface area contributed by atoms with Crippen LogP contribution in [0.15, 0.2) is 48.6 Å². The van der Waals surface area contributed by atoms with Crippen LogP contribution in [0.25, 0.3) is 0 Å². The van der Waals surface area contributed by atoms with E-state index in [2.05, 4.69) is 51.0 Å². The molecule has 0 bridgehead atoms. The Morgan fingerprint density at radius 1 is 0.941 bits per heavy atom. The summed E-state index contributed by atoms with van der Waals surface area (Å²) in [6.45, 7) is 16.9. The summed E-state index contributed by atoms with van der Waals surface area (Å²) in [5.74, 6) is 0. The van der Waals surface area contributed by atoms with Crippen LogP contribution in [0, 0.1) is 0 Å². The van der Waals surface area contributed by atoms with Crippen LogP contribution in [-0.2, 0) is 0 Å². The van der Waals surface area contributed by atoms with E-state index < -0.39 is 0 Å². The maximum atomic E-state index is 3.77. The van der Waals surface area contributed by atoms with Crippen LogP contribution >= 0.6 is 0 Å². The Kier molecular flexibility index (Phi) is 9.46. The molecule has 0 rings (SSSR count). The Morgan fingerprint density at radius 3 is 2.00 bits per heavy atom. The van der Waals surface area contributed by atoms with Gasteiger partial charge >= 0.3 is 0 Å². The van der Waals surface area contributed by atoms with Crippen LogP contribution in [0.5, 0.6) is 0 Å². The highest BCUT2D eigenvalue weighted by atomic mass is 15.1. The summed E-state index contributed by atoms with van der Waals surface area (Å²) in [6.07, 6.45) is 10.8. The quantitative estimate of drug-likeness (QED) is 0.535. The lowest BCUT2D eigenvalue weighted by atomic mass is 10.1. The molecule has 0 saturated carbocycles. The lowest BCUT2D eigenvalue weighted by Gasteiger charge is -2.16. The first-order valence-corrected chi connectivity index (χ1v) is 6.33. The molecule has 96 valence electrons. The van der Waals surface area contributed by atoms with E-state index in [0.717, 1.165) is 32.5 Å². The Bertz CT molecular complexity index is 270. The molecule has 0 radical (unpaired) electrons. The largest absolute Gasteiger partial charge is 0.292 e. The minimum absolute atomic E-state index is 0.920. The topological polar surface area (TPSA) is 3.24 Å². The molecule has 1 nitrogen and oxygen atoms in total. The highest BCUT2D eigenvalue weighted by Crippen LogP contribution is 2.07. The van der Waals surface area contributed by atoms with E-state index in [9.17, 15) is 0 Å². The van der Waals surface area contributed by atoms with Gasteiger partial charge in [0.2, 0.25) is 0 Å². The normalized spacial score (nSPS) is 11.4. The summed E-state index contributed by atoms with van der Waals surface area (Å²) >= 11 is 0. The van der Waals surface area contributed by atoms with Crippen molar-refractivity contribution in [2.45, 2.75) is 33.6 Å².